The standard InChI is InChI=1S/C15H21N3O3/c1-15(13(19)16-9-6-10-18(2)3)14(20)17-11-7-4-5-8-12(11)21-15/h4-5,7-8H,6,9-10H2,1-3H3,(H,16,19)(H,17,20). The molecule has 2 rings (SSSR count). The predicted molar refractivity (Wildman–Crippen MR) is 80.3 cm³/mol. The molecule has 0 saturated carbocycles. The molecule has 0 fully saturated rings. The van der Waals surface area contributed by atoms with Crippen molar-refractivity contribution in [3.63, 3.8) is 0 Å². The number of anilines is 1. The molecule has 1 aromatic carbocycles. The van der Waals surface area contributed by atoms with E-state index in [9.17, 15) is 9.59 Å². The Labute approximate surface area is 124 Å². The van der Waals surface area contributed by atoms with Gasteiger partial charge in [-0.15, -0.1) is 0 Å². The number of ether oxygens (including phenoxy) is 1. The van der Waals surface area contributed by atoms with E-state index in [4.69, 9.17) is 4.74 Å². The average molecular weight is 291 g/mol. The van der Waals surface area contributed by atoms with Gasteiger partial charge in [-0.1, -0.05) is 12.1 Å². The molecule has 0 spiro atoms. The normalized spacial score (nSPS) is 20.5. The molecular formula is C15H21N3O3. The summed E-state index contributed by atoms with van der Waals surface area (Å²) in [5, 5.41) is 5.47. The number of para-hydroxylation sites is 2. The zero-order valence-electron chi connectivity index (χ0n) is 12.6. The van der Waals surface area contributed by atoms with Crippen LogP contribution in [0, 0.1) is 0 Å². The number of fused-ring (bicyclic) bond motifs is 1. The second kappa shape index (κ2) is 6.13. The molecule has 0 radical (unpaired) electrons. The number of nitrogens with zero attached hydrogens (tertiary/aromatic N) is 1. The molecule has 6 nitrogen and oxygen atoms in total. The van der Waals surface area contributed by atoms with Crippen molar-refractivity contribution in [2.45, 2.75) is 18.9 Å². The molecule has 1 aliphatic rings. The fourth-order valence-electron chi connectivity index (χ4n) is 2.08. The van der Waals surface area contributed by atoms with Crippen LogP contribution in [0.1, 0.15) is 13.3 Å². The highest BCUT2D eigenvalue weighted by atomic mass is 16.5. The first-order chi connectivity index (χ1) is 9.93. The lowest BCUT2D eigenvalue weighted by molar-refractivity contribution is -0.146. The van der Waals surface area contributed by atoms with Crippen molar-refractivity contribution >= 4 is 17.5 Å². The van der Waals surface area contributed by atoms with Crippen LogP contribution in [-0.4, -0.2) is 49.5 Å². The van der Waals surface area contributed by atoms with Gasteiger partial charge in [-0.25, -0.2) is 0 Å². The van der Waals surface area contributed by atoms with E-state index in [0.717, 1.165) is 13.0 Å². The Morgan fingerprint density at radius 2 is 2.10 bits per heavy atom. The topological polar surface area (TPSA) is 70.7 Å². The number of benzene rings is 1. The molecule has 0 bridgehead atoms. The molecule has 2 amide bonds. The number of nitrogens with one attached hydrogen (secondary N) is 2. The van der Waals surface area contributed by atoms with Gasteiger partial charge in [0.2, 0.25) is 0 Å². The zero-order valence-corrected chi connectivity index (χ0v) is 12.6. The van der Waals surface area contributed by atoms with Crippen molar-refractivity contribution in [1.82, 2.24) is 10.2 Å². The molecule has 1 heterocycles. The highest BCUT2D eigenvalue weighted by Gasteiger charge is 2.46. The van der Waals surface area contributed by atoms with Crippen molar-refractivity contribution in [2.24, 2.45) is 0 Å². The summed E-state index contributed by atoms with van der Waals surface area (Å²) in [6.45, 7) is 2.86. The van der Waals surface area contributed by atoms with Gasteiger partial charge in [0.1, 0.15) is 5.75 Å². The van der Waals surface area contributed by atoms with Crippen LogP contribution in [0.3, 0.4) is 0 Å². The molecule has 2 N–H and O–H groups in total. The maximum atomic E-state index is 12.3. The van der Waals surface area contributed by atoms with E-state index in [1.54, 1.807) is 24.3 Å². The molecule has 114 valence electrons. The summed E-state index contributed by atoms with van der Waals surface area (Å²) in [7, 11) is 3.94. The van der Waals surface area contributed by atoms with Crippen LogP contribution in [0.5, 0.6) is 5.75 Å². The SMILES string of the molecule is CN(C)CCCNC(=O)C1(C)Oc2ccccc2NC1=O. The van der Waals surface area contributed by atoms with Gasteiger partial charge in [0.05, 0.1) is 5.69 Å². The van der Waals surface area contributed by atoms with Crippen LogP contribution in [0.25, 0.3) is 0 Å². The lowest BCUT2D eigenvalue weighted by Crippen LogP contribution is -2.58. The third-order valence-corrected chi connectivity index (χ3v) is 3.38. The Balaban J connectivity index is 2.01. The van der Waals surface area contributed by atoms with Gasteiger partial charge in [0.15, 0.2) is 0 Å². The first kappa shape index (κ1) is 15.3. The molecule has 1 aromatic rings. The summed E-state index contributed by atoms with van der Waals surface area (Å²) >= 11 is 0. The first-order valence-electron chi connectivity index (χ1n) is 6.96. The Morgan fingerprint density at radius 1 is 1.38 bits per heavy atom. The van der Waals surface area contributed by atoms with Crippen molar-refractivity contribution in [2.75, 3.05) is 32.5 Å². The molecule has 1 unspecified atom stereocenters. The maximum absolute atomic E-state index is 12.3. The number of rotatable bonds is 5. The summed E-state index contributed by atoms with van der Waals surface area (Å²) in [6.07, 6.45) is 0.813. The fourth-order valence-corrected chi connectivity index (χ4v) is 2.08. The van der Waals surface area contributed by atoms with Gasteiger partial charge in [0, 0.05) is 6.54 Å². The van der Waals surface area contributed by atoms with E-state index >= 15 is 0 Å². The van der Waals surface area contributed by atoms with Crippen molar-refractivity contribution in [3.05, 3.63) is 24.3 Å². The molecule has 0 saturated heterocycles. The van der Waals surface area contributed by atoms with Crippen LogP contribution in [0.15, 0.2) is 24.3 Å². The lowest BCUT2D eigenvalue weighted by atomic mass is 10.0. The second-order valence-corrected chi connectivity index (χ2v) is 5.50. The van der Waals surface area contributed by atoms with Crippen LogP contribution < -0.4 is 15.4 Å². The minimum atomic E-state index is -1.54. The van der Waals surface area contributed by atoms with Crippen LogP contribution in [0.4, 0.5) is 5.69 Å². The predicted octanol–water partition coefficient (Wildman–Crippen LogP) is 0.844. The monoisotopic (exact) mass is 291 g/mol. The average Bonchev–Trinajstić information content (AvgIpc) is 2.44. The Kier molecular flexibility index (Phi) is 4.47. The minimum Gasteiger partial charge on any atom is -0.466 e. The molecule has 21 heavy (non-hydrogen) atoms. The highest BCUT2D eigenvalue weighted by molar-refractivity contribution is 6.15. The molecule has 0 aromatic heterocycles. The summed E-state index contributed by atoms with van der Waals surface area (Å²) in [5.41, 5.74) is -0.952. The van der Waals surface area contributed by atoms with E-state index in [0.29, 0.717) is 18.0 Å². The summed E-state index contributed by atoms with van der Waals surface area (Å²) in [4.78, 5) is 26.5. The van der Waals surface area contributed by atoms with E-state index in [1.165, 1.54) is 6.92 Å². The molecule has 1 aliphatic heterocycles. The molecule has 6 heteroatoms. The van der Waals surface area contributed by atoms with Gasteiger partial charge >= 0.3 is 0 Å². The Bertz CT molecular complexity index is 545. The van der Waals surface area contributed by atoms with Gasteiger partial charge in [-0.05, 0) is 46.1 Å². The van der Waals surface area contributed by atoms with Gasteiger partial charge < -0.3 is 20.3 Å². The molecular weight excluding hydrogens is 270 g/mol. The summed E-state index contributed by atoms with van der Waals surface area (Å²) in [5.74, 6) is -0.373. The maximum Gasteiger partial charge on any atom is 0.278 e. The number of amides is 2. The van der Waals surface area contributed by atoms with Gasteiger partial charge in [0.25, 0.3) is 17.4 Å². The Hall–Kier alpha value is -2.08. The van der Waals surface area contributed by atoms with Crippen LogP contribution >= 0.6 is 0 Å². The van der Waals surface area contributed by atoms with E-state index < -0.39 is 17.4 Å². The zero-order chi connectivity index (χ0) is 15.5. The minimum absolute atomic E-state index is 0.423. The van der Waals surface area contributed by atoms with Crippen molar-refractivity contribution in [1.29, 1.82) is 0 Å². The van der Waals surface area contributed by atoms with Crippen LogP contribution in [0.2, 0.25) is 0 Å². The second-order valence-electron chi connectivity index (χ2n) is 5.50. The van der Waals surface area contributed by atoms with Gasteiger partial charge in [-0.3, -0.25) is 9.59 Å². The molecule has 0 aliphatic carbocycles. The summed E-state index contributed by atoms with van der Waals surface area (Å²) in [6, 6.07) is 7.06. The fraction of sp³-hybridized carbons (Fsp3) is 0.467. The smallest absolute Gasteiger partial charge is 0.278 e. The third kappa shape index (κ3) is 3.33. The van der Waals surface area contributed by atoms with E-state index in [2.05, 4.69) is 10.6 Å². The first-order valence-corrected chi connectivity index (χ1v) is 6.96. The number of carbonyl (C=O) groups excluding carboxylic acids is 2. The number of hydrogen-bond donors (Lipinski definition) is 2. The van der Waals surface area contributed by atoms with Gasteiger partial charge in [-0.2, -0.15) is 0 Å². The summed E-state index contributed by atoms with van der Waals surface area (Å²) < 4.78 is 5.64. The third-order valence-electron chi connectivity index (χ3n) is 3.38. The molecule has 1 atom stereocenters. The quantitative estimate of drug-likeness (QED) is 0.623. The number of carbonyl (C=O) groups is 2. The van der Waals surface area contributed by atoms with E-state index in [1.807, 2.05) is 19.0 Å². The van der Waals surface area contributed by atoms with Crippen molar-refractivity contribution < 1.29 is 14.3 Å². The largest absolute Gasteiger partial charge is 0.466 e. The Morgan fingerprint density at radius 3 is 2.81 bits per heavy atom. The lowest BCUT2D eigenvalue weighted by Gasteiger charge is -2.33. The van der Waals surface area contributed by atoms with E-state index in [-0.39, 0.29) is 0 Å². The number of hydrogen-bond acceptors (Lipinski definition) is 4. The van der Waals surface area contributed by atoms with Crippen molar-refractivity contribution in [3.8, 4) is 5.75 Å². The van der Waals surface area contributed by atoms with Crippen LogP contribution in [-0.2, 0) is 9.59 Å². The highest BCUT2D eigenvalue weighted by Crippen LogP contribution is 2.33.